The van der Waals surface area contributed by atoms with Crippen LogP contribution in [0.4, 0.5) is 0 Å². The quantitative estimate of drug-likeness (QED) is 0.651. The molecule has 0 fully saturated rings. The number of halogens is 2. The zero-order valence-electron chi connectivity index (χ0n) is 14.8. The molecule has 1 aromatic carbocycles. The highest BCUT2D eigenvalue weighted by Crippen LogP contribution is 2.36. The standard InChI is InChI=1S/C17H27ClN2O3.ClH/c1-5-8-23-16-14(18)9-13(10-15(16)22-7-3)17(21)20-11-12(4)19-6-2;/h9-10,12,19H,5-8,11H2,1-4H3,(H,20,21);1H/t12-;/m1./s1. The van der Waals surface area contributed by atoms with E-state index in [4.69, 9.17) is 21.1 Å². The lowest BCUT2D eigenvalue weighted by Crippen LogP contribution is -2.38. The molecule has 1 atom stereocenters. The van der Waals surface area contributed by atoms with Crippen molar-refractivity contribution in [3.8, 4) is 11.5 Å². The van der Waals surface area contributed by atoms with Gasteiger partial charge in [0.15, 0.2) is 11.5 Å². The van der Waals surface area contributed by atoms with Crippen LogP contribution < -0.4 is 20.1 Å². The summed E-state index contributed by atoms with van der Waals surface area (Å²) in [6.07, 6.45) is 0.868. The fraction of sp³-hybridized carbons (Fsp3) is 0.588. The van der Waals surface area contributed by atoms with E-state index in [0.717, 1.165) is 13.0 Å². The number of hydrogen-bond donors (Lipinski definition) is 2. The number of benzene rings is 1. The van der Waals surface area contributed by atoms with Crippen LogP contribution in [0.5, 0.6) is 11.5 Å². The molecule has 0 aliphatic heterocycles. The van der Waals surface area contributed by atoms with Crippen molar-refractivity contribution in [3.05, 3.63) is 22.7 Å². The maximum absolute atomic E-state index is 12.3. The van der Waals surface area contributed by atoms with E-state index in [0.29, 0.717) is 41.8 Å². The Bertz CT molecular complexity index is 513. The Morgan fingerprint density at radius 2 is 1.96 bits per heavy atom. The topological polar surface area (TPSA) is 59.6 Å². The minimum atomic E-state index is -0.181. The van der Waals surface area contributed by atoms with Crippen molar-refractivity contribution in [2.24, 2.45) is 0 Å². The van der Waals surface area contributed by atoms with Crippen LogP contribution >= 0.6 is 24.0 Å². The van der Waals surface area contributed by atoms with E-state index in [2.05, 4.69) is 10.6 Å². The molecule has 0 saturated heterocycles. The van der Waals surface area contributed by atoms with Crippen LogP contribution in [0.15, 0.2) is 12.1 Å². The van der Waals surface area contributed by atoms with Gasteiger partial charge in [0.1, 0.15) is 0 Å². The van der Waals surface area contributed by atoms with E-state index in [1.807, 2.05) is 27.7 Å². The molecule has 1 rings (SSSR count). The van der Waals surface area contributed by atoms with Gasteiger partial charge >= 0.3 is 0 Å². The predicted molar refractivity (Wildman–Crippen MR) is 101 cm³/mol. The molecule has 24 heavy (non-hydrogen) atoms. The van der Waals surface area contributed by atoms with Crippen molar-refractivity contribution in [1.82, 2.24) is 10.6 Å². The number of amides is 1. The number of hydrogen-bond acceptors (Lipinski definition) is 4. The summed E-state index contributed by atoms with van der Waals surface area (Å²) in [6.45, 7) is 10.4. The monoisotopic (exact) mass is 378 g/mol. The lowest BCUT2D eigenvalue weighted by Gasteiger charge is -2.16. The number of carbonyl (C=O) groups excluding carboxylic acids is 1. The second kappa shape index (κ2) is 12.2. The van der Waals surface area contributed by atoms with Crippen LogP contribution in [0.25, 0.3) is 0 Å². The van der Waals surface area contributed by atoms with Gasteiger partial charge in [0.2, 0.25) is 0 Å². The first-order valence-corrected chi connectivity index (χ1v) is 8.51. The average Bonchev–Trinajstić information content (AvgIpc) is 2.52. The molecular weight excluding hydrogens is 351 g/mol. The molecule has 0 aliphatic carbocycles. The Kier molecular flexibility index (Phi) is 11.6. The fourth-order valence-electron chi connectivity index (χ4n) is 2.07. The van der Waals surface area contributed by atoms with Gasteiger partial charge in [-0.25, -0.2) is 0 Å². The molecule has 0 spiro atoms. The minimum Gasteiger partial charge on any atom is -0.490 e. The Morgan fingerprint density at radius 1 is 1.25 bits per heavy atom. The van der Waals surface area contributed by atoms with Gasteiger partial charge in [-0.2, -0.15) is 0 Å². The first-order valence-electron chi connectivity index (χ1n) is 8.14. The average molecular weight is 379 g/mol. The summed E-state index contributed by atoms with van der Waals surface area (Å²) in [5.41, 5.74) is 0.464. The van der Waals surface area contributed by atoms with E-state index in [9.17, 15) is 4.79 Å². The largest absolute Gasteiger partial charge is 0.490 e. The van der Waals surface area contributed by atoms with Crippen LogP contribution in [-0.2, 0) is 0 Å². The normalized spacial score (nSPS) is 11.4. The van der Waals surface area contributed by atoms with E-state index >= 15 is 0 Å². The summed E-state index contributed by atoms with van der Waals surface area (Å²) in [7, 11) is 0. The highest BCUT2D eigenvalue weighted by molar-refractivity contribution is 6.32. The Hall–Kier alpha value is -1.17. The first kappa shape index (κ1) is 22.8. The van der Waals surface area contributed by atoms with E-state index in [1.165, 1.54) is 0 Å². The summed E-state index contributed by atoms with van der Waals surface area (Å²) in [5, 5.41) is 6.51. The molecule has 0 aromatic heterocycles. The number of rotatable bonds is 10. The molecule has 1 amide bonds. The lowest BCUT2D eigenvalue weighted by atomic mass is 10.1. The highest BCUT2D eigenvalue weighted by Gasteiger charge is 2.16. The van der Waals surface area contributed by atoms with E-state index < -0.39 is 0 Å². The van der Waals surface area contributed by atoms with Crippen LogP contribution in [-0.4, -0.2) is 38.3 Å². The Morgan fingerprint density at radius 3 is 2.54 bits per heavy atom. The van der Waals surface area contributed by atoms with Gasteiger partial charge in [0, 0.05) is 18.2 Å². The van der Waals surface area contributed by atoms with Gasteiger partial charge in [-0.3, -0.25) is 4.79 Å². The third-order valence-electron chi connectivity index (χ3n) is 3.14. The number of likely N-dealkylation sites (N-methyl/N-ethyl adjacent to an activating group) is 1. The van der Waals surface area contributed by atoms with Crippen LogP contribution in [0, 0.1) is 0 Å². The van der Waals surface area contributed by atoms with Gasteiger partial charge in [-0.05, 0) is 38.9 Å². The van der Waals surface area contributed by atoms with E-state index in [1.54, 1.807) is 12.1 Å². The molecule has 5 nitrogen and oxygen atoms in total. The third-order valence-corrected chi connectivity index (χ3v) is 3.42. The van der Waals surface area contributed by atoms with Gasteiger partial charge in [-0.15, -0.1) is 12.4 Å². The molecule has 0 unspecified atom stereocenters. The van der Waals surface area contributed by atoms with Crippen LogP contribution in [0.1, 0.15) is 44.5 Å². The van der Waals surface area contributed by atoms with Crippen LogP contribution in [0.3, 0.4) is 0 Å². The summed E-state index contributed by atoms with van der Waals surface area (Å²) >= 11 is 6.27. The maximum Gasteiger partial charge on any atom is 0.251 e. The number of ether oxygens (including phenoxy) is 2. The molecule has 7 heteroatoms. The van der Waals surface area contributed by atoms with Gasteiger partial charge in [0.05, 0.1) is 18.2 Å². The number of carbonyl (C=O) groups is 1. The maximum atomic E-state index is 12.3. The van der Waals surface area contributed by atoms with Crippen molar-refractivity contribution >= 4 is 29.9 Å². The molecule has 1 aromatic rings. The smallest absolute Gasteiger partial charge is 0.251 e. The summed E-state index contributed by atoms with van der Waals surface area (Å²) in [4.78, 5) is 12.3. The van der Waals surface area contributed by atoms with Crippen molar-refractivity contribution in [3.63, 3.8) is 0 Å². The fourth-order valence-corrected chi connectivity index (χ4v) is 2.34. The molecule has 0 aliphatic rings. The van der Waals surface area contributed by atoms with Crippen molar-refractivity contribution in [2.45, 2.75) is 40.2 Å². The Labute approximate surface area is 155 Å². The summed E-state index contributed by atoms with van der Waals surface area (Å²) in [6, 6.07) is 3.49. The van der Waals surface area contributed by atoms with E-state index in [-0.39, 0.29) is 24.4 Å². The molecular formula is C17H28Cl2N2O3. The van der Waals surface area contributed by atoms with Crippen molar-refractivity contribution < 1.29 is 14.3 Å². The van der Waals surface area contributed by atoms with Crippen LogP contribution in [0.2, 0.25) is 5.02 Å². The van der Waals surface area contributed by atoms with Gasteiger partial charge < -0.3 is 20.1 Å². The Balaban J connectivity index is 0.00000529. The number of nitrogens with one attached hydrogen (secondary N) is 2. The lowest BCUT2D eigenvalue weighted by molar-refractivity contribution is 0.0949. The zero-order chi connectivity index (χ0) is 17.2. The van der Waals surface area contributed by atoms with Gasteiger partial charge in [-0.1, -0.05) is 25.4 Å². The molecule has 2 N–H and O–H groups in total. The molecule has 0 bridgehead atoms. The molecule has 0 radical (unpaired) electrons. The third kappa shape index (κ3) is 7.16. The second-order valence-corrected chi connectivity index (χ2v) is 5.64. The predicted octanol–water partition coefficient (Wildman–Crippen LogP) is 3.68. The second-order valence-electron chi connectivity index (χ2n) is 5.24. The van der Waals surface area contributed by atoms with Gasteiger partial charge in [0.25, 0.3) is 5.91 Å². The summed E-state index contributed by atoms with van der Waals surface area (Å²) in [5.74, 6) is 0.811. The molecule has 138 valence electrons. The molecule has 0 heterocycles. The minimum absolute atomic E-state index is 0. The first-order chi connectivity index (χ1) is 11.0. The van der Waals surface area contributed by atoms with Crippen molar-refractivity contribution in [1.29, 1.82) is 0 Å². The molecule has 0 saturated carbocycles. The zero-order valence-corrected chi connectivity index (χ0v) is 16.4. The van der Waals surface area contributed by atoms with Crippen molar-refractivity contribution in [2.75, 3.05) is 26.3 Å². The SMILES string of the molecule is CCCOc1c(Cl)cc(C(=O)NC[C@@H](C)NCC)cc1OCC.Cl. The highest BCUT2D eigenvalue weighted by atomic mass is 35.5. The summed E-state index contributed by atoms with van der Waals surface area (Å²) < 4.78 is 11.2.